The Morgan fingerprint density at radius 1 is 0.429 bits per heavy atom. The first-order chi connectivity index (χ1) is 25.8. The van der Waals surface area contributed by atoms with Crippen LogP contribution in [0, 0.1) is 0 Å². The molecule has 0 fully saturated rings. The van der Waals surface area contributed by atoms with Gasteiger partial charge in [-0.25, -0.2) is 0 Å². The number of Topliss-reactive ketones (excluding diaryl/α,β-unsaturated/α-hetero) is 5. The van der Waals surface area contributed by atoms with E-state index < -0.39 is 150 Å². The first-order valence-electron chi connectivity index (χ1n) is 15.0. The SMILES string of the molecule is O=C(C(=O)[C@@](O)(C(=O)c1cc(O)c(O)c(O)c1)[C@@H](O)[C@@](O)(C(=O)c1cc(O)c(O)c(O)c1)[C@H](O)C(O)C(=O)c1cc(O)c(O)c(O)c1)c1cc(O)c(O)c(O)c1. The number of carbonyl (C=O) groups excluding carboxylic acids is 5. The number of aromatic hydroxyl groups is 12. The minimum atomic E-state index is -4.79. The van der Waals surface area contributed by atoms with Crippen molar-refractivity contribution in [2.24, 2.45) is 0 Å². The normalized spacial score (nSPS) is 15.1. The Kier molecular flexibility index (Phi) is 10.7. The number of aliphatic hydroxyl groups excluding tert-OH is 3. The molecule has 4 rings (SSSR count). The van der Waals surface area contributed by atoms with Gasteiger partial charge in [0, 0.05) is 22.3 Å². The van der Waals surface area contributed by atoms with E-state index in [0.29, 0.717) is 12.1 Å². The Morgan fingerprint density at radius 3 is 1.05 bits per heavy atom. The molecule has 4 aromatic rings. The van der Waals surface area contributed by atoms with Crippen LogP contribution in [0.1, 0.15) is 41.4 Å². The first kappa shape index (κ1) is 41.4. The zero-order valence-electron chi connectivity index (χ0n) is 27.5. The van der Waals surface area contributed by atoms with Crippen molar-refractivity contribution in [1.82, 2.24) is 0 Å². The van der Waals surface area contributed by atoms with Crippen molar-refractivity contribution >= 4 is 28.9 Å². The molecule has 5 atom stereocenters. The van der Waals surface area contributed by atoms with Gasteiger partial charge in [0.25, 0.3) is 0 Å². The smallest absolute Gasteiger partial charge is 0.245 e. The molecule has 0 saturated heterocycles. The Bertz CT molecular complexity index is 2240. The molecular formula is C34H28O22. The van der Waals surface area contributed by atoms with Crippen molar-refractivity contribution < 1.29 is 111 Å². The molecule has 0 spiro atoms. The highest BCUT2D eigenvalue weighted by Gasteiger charge is 2.66. The van der Waals surface area contributed by atoms with Crippen LogP contribution in [-0.4, -0.2) is 145 Å². The first-order valence-corrected chi connectivity index (χ1v) is 15.0. The van der Waals surface area contributed by atoms with Gasteiger partial charge in [-0.2, -0.15) is 0 Å². The molecule has 4 aromatic carbocycles. The Labute approximate surface area is 309 Å². The number of carbonyl (C=O) groups is 5. The van der Waals surface area contributed by atoms with Gasteiger partial charge in [-0.1, -0.05) is 0 Å². The minimum absolute atomic E-state index is 0.181. The fourth-order valence-corrected chi connectivity index (χ4v) is 5.35. The third-order valence-corrected chi connectivity index (χ3v) is 8.44. The molecule has 1 unspecified atom stereocenters. The average Bonchev–Trinajstić information content (AvgIpc) is 3.16. The third-order valence-electron chi connectivity index (χ3n) is 8.44. The van der Waals surface area contributed by atoms with Crippen molar-refractivity contribution in [2.75, 3.05) is 0 Å². The molecule has 0 bridgehead atoms. The highest BCUT2D eigenvalue weighted by atomic mass is 16.4. The highest BCUT2D eigenvalue weighted by Crippen LogP contribution is 2.43. The third kappa shape index (κ3) is 6.67. The fraction of sp³-hybridized carbons (Fsp3) is 0.147. The second-order valence-electron chi connectivity index (χ2n) is 12.0. The van der Waals surface area contributed by atoms with Gasteiger partial charge in [0.2, 0.25) is 23.0 Å². The summed E-state index contributed by atoms with van der Waals surface area (Å²) in [5.41, 5.74) is -14.4. The second-order valence-corrected chi connectivity index (χ2v) is 12.0. The Hall–Kier alpha value is -7.37. The van der Waals surface area contributed by atoms with Crippen LogP contribution in [0.25, 0.3) is 0 Å². The summed E-state index contributed by atoms with van der Waals surface area (Å²) in [4.78, 5) is 68.9. The van der Waals surface area contributed by atoms with Crippen LogP contribution in [-0.2, 0) is 4.79 Å². The number of phenols is 12. The van der Waals surface area contributed by atoms with Crippen molar-refractivity contribution in [1.29, 1.82) is 0 Å². The maximum atomic E-state index is 14.1. The summed E-state index contributed by atoms with van der Waals surface area (Å²) in [6.45, 7) is 0. The van der Waals surface area contributed by atoms with Crippen LogP contribution >= 0.6 is 0 Å². The van der Waals surface area contributed by atoms with Gasteiger partial charge < -0.3 is 86.8 Å². The van der Waals surface area contributed by atoms with E-state index in [2.05, 4.69) is 0 Å². The summed E-state index contributed by atoms with van der Waals surface area (Å²) in [6, 6.07) is 1.97. The van der Waals surface area contributed by atoms with Gasteiger partial charge in [-0.15, -0.1) is 0 Å². The molecule has 17 N–H and O–H groups in total. The molecule has 0 aliphatic rings. The summed E-state index contributed by atoms with van der Waals surface area (Å²) in [5.74, 6) is -27.4. The summed E-state index contributed by atoms with van der Waals surface area (Å²) in [7, 11) is 0. The summed E-state index contributed by atoms with van der Waals surface area (Å²) in [6.07, 6.45) is -11.1. The van der Waals surface area contributed by atoms with E-state index >= 15 is 0 Å². The van der Waals surface area contributed by atoms with Crippen molar-refractivity contribution in [2.45, 2.75) is 29.5 Å². The minimum Gasteiger partial charge on any atom is -0.504 e. The zero-order valence-corrected chi connectivity index (χ0v) is 27.5. The summed E-state index contributed by atoms with van der Waals surface area (Å²) < 4.78 is 0. The van der Waals surface area contributed by atoms with Gasteiger partial charge in [-0.05, 0) is 48.5 Å². The number of ketones is 5. The van der Waals surface area contributed by atoms with Crippen molar-refractivity contribution in [3.05, 3.63) is 70.8 Å². The lowest BCUT2D eigenvalue weighted by molar-refractivity contribution is -0.187. The number of benzene rings is 4. The largest absolute Gasteiger partial charge is 0.504 e. The van der Waals surface area contributed by atoms with Crippen LogP contribution in [0.5, 0.6) is 69.0 Å². The van der Waals surface area contributed by atoms with E-state index in [9.17, 15) is 111 Å². The Morgan fingerprint density at radius 2 is 0.714 bits per heavy atom. The number of rotatable bonds is 13. The lowest BCUT2D eigenvalue weighted by Gasteiger charge is -2.42. The van der Waals surface area contributed by atoms with Crippen LogP contribution in [0.3, 0.4) is 0 Å². The standard InChI is InChI=1S/C34H28O22/c35-13-1-9(2-14(36)23(13)45)21(43)27(49)31(53)34(56,29(51)12-7-19(41)26(48)20(42)8-12)32(54)33(55,28(50)11-5-17(39)25(47)18(40)6-11)30(52)22(44)10-3-15(37)24(46)16(38)4-10/h1-8,27,31-32,35-42,45-49,53-56H/t27?,31-,32-,33+,34-/m1/s1. The molecule has 0 radical (unpaired) electrons. The molecule has 296 valence electrons. The quantitative estimate of drug-likeness (QED) is 0.0304. The molecule has 22 nitrogen and oxygen atoms in total. The van der Waals surface area contributed by atoms with E-state index in [4.69, 9.17) is 0 Å². The van der Waals surface area contributed by atoms with E-state index in [-0.39, 0.29) is 36.4 Å². The highest BCUT2D eigenvalue weighted by molar-refractivity contribution is 6.51. The summed E-state index contributed by atoms with van der Waals surface area (Å²) in [5, 5.41) is 177. The average molecular weight is 789 g/mol. The lowest BCUT2D eigenvalue weighted by Crippen LogP contribution is -2.73. The van der Waals surface area contributed by atoms with Gasteiger partial charge in [0.1, 0.15) is 18.3 Å². The molecule has 22 heteroatoms. The molecule has 0 aliphatic carbocycles. The van der Waals surface area contributed by atoms with E-state index in [1.807, 2.05) is 0 Å². The topological polar surface area (TPSA) is 429 Å². The van der Waals surface area contributed by atoms with Crippen LogP contribution in [0.15, 0.2) is 48.5 Å². The van der Waals surface area contributed by atoms with Gasteiger partial charge in [0.15, 0.2) is 86.2 Å². The molecule has 0 heterocycles. The predicted octanol–water partition coefficient (Wildman–Crippen LogP) is -1.90. The molecule has 0 aromatic heterocycles. The van der Waals surface area contributed by atoms with Gasteiger partial charge in [0.05, 0.1) is 0 Å². The fourth-order valence-electron chi connectivity index (χ4n) is 5.35. The Balaban J connectivity index is 2.05. The monoisotopic (exact) mass is 788 g/mol. The predicted molar refractivity (Wildman–Crippen MR) is 176 cm³/mol. The maximum absolute atomic E-state index is 14.1. The maximum Gasteiger partial charge on any atom is 0.245 e. The van der Waals surface area contributed by atoms with Gasteiger partial charge in [-0.3, -0.25) is 24.0 Å². The van der Waals surface area contributed by atoms with Crippen molar-refractivity contribution in [3.63, 3.8) is 0 Å². The van der Waals surface area contributed by atoms with E-state index in [1.165, 1.54) is 0 Å². The molecule has 0 aliphatic heterocycles. The van der Waals surface area contributed by atoms with Crippen LogP contribution in [0.4, 0.5) is 0 Å². The number of aliphatic hydroxyl groups is 5. The van der Waals surface area contributed by atoms with E-state index in [1.54, 1.807) is 0 Å². The van der Waals surface area contributed by atoms with Gasteiger partial charge >= 0.3 is 0 Å². The molecule has 56 heavy (non-hydrogen) atoms. The molecular weight excluding hydrogens is 760 g/mol. The van der Waals surface area contributed by atoms with Crippen molar-refractivity contribution in [3.8, 4) is 69.0 Å². The van der Waals surface area contributed by atoms with Crippen LogP contribution < -0.4 is 0 Å². The molecule has 0 saturated carbocycles. The number of phenolic OH excluding ortho intramolecular Hbond substituents is 12. The summed E-state index contributed by atoms with van der Waals surface area (Å²) >= 11 is 0. The number of hydrogen-bond donors (Lipinski definition) is 17. The van der Waals surface area contributed by atoms with E-state index in [0.717, 1.165) is 0 Å². The molecule has 0 amide bonds. The lowest BCUT2D eigenvalue weighted by atomic mass is 9.69. The number of hydrogen-bond acceptors (Lipinski definition) is 22. The van der Waals surface area contributed by atoms with Crippen LogP contribution in [0.2, 0.25) is 0 Å². The zero-order chi connectivity index (χ0) is 42.5. The second kappa shape index (κ2) is 14.5.